The lowest BCUT2D eigenvalue weighted by Gasteiger charge is -2.00. The van der Waals surface area contributed by atoms with Crippen molar-refractivity contribution in [3.05, 3.63) is 34.3 Å². The van der Waals surface area contributed by atoms with Crippen LogP contribution in [0.3, 0.4) is 0 Å². The van der Waals surface area contributed by atoms with Gasteiger partial charge in [0.2, 0.25) is 0 Å². The molecule has 0 aliphatic rings. The van der Waals surface area contributed by atoms with Gasteiger partial charge >= 0.3 is 0 Å². The van der Waals surface area contributed by atoms with Gasteiger partial charge in [0.1, 0.15) is 10.8 Å². The number of rotatable bonds is 3. The summed E-state index contributed by atoms with van der Waals surface area (Å²) in [7, 11) is 0. The molecule has 0 radical (unpaired) electrons. The monoisotopic (exact) mass is 227 g/mol. The molecule has 5 heteroatoms. The summed E-state index contributed by atoms with van der Waals surface area (Å²) in [6.07, 6.45) is 3.75. The van der Waals surface area contributed by atoms with Crippen LogP contribution in [0.25, 0.3) is 0 Å². The van der Waals surface area contributed by atoms with Crippen molar-refractivity contribution in [2.24, 2.45) is 0 Å². The lowest BCUT2D eigenvalue weighted by molar-refractivity contribution is 0.754. The molecule has 0 aliphatic heterocycles. The van der Waals surface area contributed by atoms with E-state index >= 15 is 0 Å². The molecule has 2 rings (SSSR count). The van der Waals surface area contributed by atoms with Crippen molar-refractivity contribution in [3.63, 3.8) is 0 Å². The van der Waals surface area contributed by atoms with Gasteiger partial charge in [0.05, 0.1) is 18.1 Å². The molecular formula is C9H10ClN3S. The molecule has 0 spiro atoms. The summed E-state index contributed by atoms with van der Waals surface area (Å²) < 4.78 is 2.07. The van der Waals surface area contributed by atoms with Gasteiger partial charge in [-0.3, -0.25) is 0 Å². The van der Waals surface area contributed by atoms with Crippen molar-refractivity contribution in [1.82, 2.24) is 14.5 Å². The summed E-state index contributed by atoms with van der Waals surface area (Å²) in [6.45, 7) is 2.77. The summed E-state index contributed by atoms with van der Waals surface area (Å²) in [6, 6.07) is 0. The first-order valence-electron chi connectivity index (χ1n) is 4.26. The molecule has 3 nitrogen and oxygen atoms in total. The third kappa shape index (κ3) is 1.96. The minimum Gasteiger partial charge on any atom is -0.328 e. The average molecular weight is 228 g/mol. The van der Waals surface area contributed by atoms with Crippen LogP contribution in [0.4, 0.5) is 0 Å². The smallest absolute Gasteiger partial charge is 0.113 e. The molecule has 0 bridgehead atoms. The van der Waals surface area contributed by atoms with E-state index in [2.05, 4.69) is 14.5 Å². The number of alkyl halides is 1. The van der Waals surface area contributed by atoms with Crippen LogP contribution in [0.1, 0.15) is 16.5 Å². The Labute approximate surface area is 91.4 Å². The molecule has 2 heterocycles. The van der Waals surface area contributed by atoms with Gasteiger partial charge in [0.15, 0.2) is 0 Å². The van der Waals surface area contributed by atoms with Crippen LogP contribution in [0.5, 0.6) is 0 Å². The quantitative estimate of drug-likeness (QED) is 0.755. The van der Waals surface area contributed by atoms with Crippen LogP contribution >= 0.6 is 22.9 Å². The van der Waals surface area contributed by atoms with Gasteiger partial charge in [-0.2, -0.15) is 0 Å². The Balaban J connectivity index is 2.15. The largest absolute Gasteiger partial charge is 0.328 e. The standard InChI is InChI=1S/C9H10ClN3S/c1-7-11-2-3-13(7)5-9-12-8(4-10)6-14-9/h2-3,6H,4-5H2,1H3. The summed E-state index contributed by atoms with van der Waals surface area (Å²) in [5.74, 6) is 1.49. The van der Waals surface area contributed by atoms with E-state index in [1.165, 1.54) is 0 Å². The number of imidazole rings is 1. The van der Waals surface area contributed by atoms with Gasteiger partial charge in [-0.15, -0.1) is 22.9 Å². The van der Waals surface area contributed by atoms with Crippen LogP contribution in [-0.2, 0) is 12.4 Å². The highest BCUT2D eigenvalue weighted by molar-refractivity contribution is 7.09. The normalized spacial score (nSPS) is 10.7. The highest BCUT2D eigenvalue weighted by Crippen LogP contribution is 2.13. The second kappa shape index (κ2) is 4.11. The zero-order valence-electron chi connectivity index (χ0n) is 7.77. The van der Waals surface area contributed by atoms with E-state index in [0.717, 1.165) is 23.1 Å². The first-order chi connectivity index (χ1) is 6.79. The van der Waals surface area contributed by atoms with Crippen LogP contribution in [0.15, 0.2) is 17.8 Å². The average Bonchev–Trinajstić information content (AvgIpc) is 2.77. The van der Waals surface area contributed by atoms with E-state index in [4.69, 9.17) is 11.6 Å². The highest BCUT2D eigenvalue weighted by Gasteiger charge is 2.03. The molecular weight excluding hydrogens is 218 g/mol. The van der Waals surface area contributed by atoms with E-state index in [1.807, 2.05) is 18.5 Å². The lowest BCUT2D eigenvalue weighted by Crippen LogP contribution is -2.00. The van der Waals surface area contributed by atoms with Gasteiger partial charge in [0.25, 0.3) is 0 Å². The summed E-state index contributed by atoms with van der Waals surface area (Å²) in [5, 5.41) is 3.07. The van der Waals surface area contributed by atoms with Gasteiger partial charge in [-0.05, 0) is 6.92 Å². The number of hydrogen-bond donors (Lipinski definition) is 0. The maximum atomic E-state index is 5.68. The molecule has 2 aromatic heterocycles. The molecule has 0 aliphatic carbocycles. The Hall–Kier alpha value is -0.870. The van der Waals surface area contributed by atoms with E-state index in [9.17, 15) is 0 Å². The van der Waals surface area contributed by atoms with E-state index in [-0.39, 0.29) is 0 Å². The van der Waals surface area contributed by atoms with Crippen molar-refractivity contribution >= 4 is 22.9 Å². The number of thiazole rings is 1. The fourth-order valence-corrected chi connectivity index (χ4v) is 2.22. The van der Waals surface area contributed by atoms with Crippen molar-refractivity contribution in [2.45, 2.75) is 19.3 Å². The first-order valence-corrected chi connectivity index (χ1v) is 5.68. The Morgan fingerprint density at radius 2 is 2.43 bits per heavy atom. The van der Waals surface area contributed by atoms with Gasteiger partial charge in [-0.1, -0.05) is 0 Å². The van der Waals surface area contributed by atoms with Crippen molar-refractivity contribution < 1.29 is 0 Å². The van der Waals surface area contributed by atoms with Crippen LogP contribution < -0.4 is 0 Å². The predicted molar refractivity (Wildman–Crippen MR) is 57.7 cm³/mol. The summed E-state index contributed by atoms with van der Waals surface area (Å²) in [4.78, 5) is 8.54. The zero-order valence-corrected chi connectivity index (χ0v) is 9.35. The Kier molecular flexibility index (Phi) is 2.84. The molecule has 0 N–H and O–H groups in total. The zero-order chi connectivity index (χ0) is 9.97. The number of halogens is 1. The molecule has 74 valence electrons. The number of nitrogens with zero attached hydrogens (tertiary/aromatic N) is 3. The molecule has 0 atom stereocenters. The molecule has 0 saturated heterocycles. The maximum absolute atomic E-state index is 5.68. The Morgan fingerprint density at radius 1 is 1.57 bits per heavy atom. The van der Waals surface area contributed by atoms with Crippen molar-refractivity contribution in [1.29, 1.82) is 0 Å². The second-order valence-electron chi connectivity index (χ2n) is 2.97. The maximum Gasteiger partial charge on any atom is 0.113 e. The minimum absolute atomic E-state index is 0.486. The molecule has 0 amide bonds. The fraction of sp³-hybridized carbons (Fsp3) is 0.333. The lowest BCUT2D eigenvalue weighted by atomic mass is 10.5. The third-order valence-corrected chi connectivity index (χ3v) is 3.12. The third-order valence-electron chi connectivity index (χ3n) is 1.97. The molecule has 14 heavy (non-hydrogen) atoms. The van der Waals surface area contributed by atoms with E-state index < -0.39 is 0 Å². The number of aromatic nitrogens is 3. The molecule has 0 fully saturated rings. The van der Waals surface area contributed by atoms with Crippen molar-refractivity contribution in [2.75, 3.05) is 0 Å². The Bertz CT molecular complexity index is 421. The molecule has 2 aromatic rings. The van der Waals surface area contributed by atoms with Crippen LogP contribution in [-0.4, -0.2) is 14.5 Å². The van der Waals surface area contributed by atoms with Crippen LogP contribution in [0.2, 0.25) is 0 Å². The molecule has 0 saturated carbocycles. The van der Waals surface area contributed by atoms with Gasteiger partial charge < -0.3 is 4.57 Å². The highest BCUT2D eigenvalue weighted by atomic mass is 35.5. The Morgan fingerprint density at radius 3 is 3.00 bits per heavy atom. The van der Waals surface area contributed by atoms with Gasteiger partial charge in [0, 0.05) is 17.8 Å². The van der Waals surface area contributed by atoms with E-state index in [1.54, 1.807) is 17.5 Å². The number of hydrogen-bond acceptors (Lipinski definition) is 3. The topological polar surface area (TPSA) is 30.7 Å². The SMILES string of the molecule is Cc1nccn1Cc1nc(CCl)cs1. The van der Waals surface area contributed by atoms with Crippen molar-refractivity contribution in [3.8, 4) is 0 Å². The summed E-state index contributed by atoms with van der Waals surface area (Å²) in [5.41, 5.74) is 0.949. The fourth-order valence-electron chi connectivity index (χ4n) is 1.20. The molecule has 0 aromatic carbocycles. The predicted octanol–water partition coefficient (Wildman–Crippen LogP) is 2.44. The van der Waals surface area contributed by atoms with Crippen LogP contribution in [0, 0.1) is 6.92 Å². The molecule has 0 unspecified atom stereocenters. The minimum atomic E-state index is 0.486. The van der Waals surface area contributed by atoms with Gasteiger partial charge in [-0.25, -0.2) is 9.97 Å². The van der Waals surface area contributed by atoms with E-state index in [0.29, 0.717) is 5.88 Å². The summed E-state index contributed by atoms with van der Waals surface area (Å²) >= 11 is 7.32. The second-order valence-corrected chi connectivity index (χ2v) is 4.18. The number of aryl methyl sites for hydroxylation is 1. The first kappa shape index (κ1) is 9.68.